The van der Waals surface area contributed by atoms with Gasteiger partial charge in [0.2, 0.25) is 5.91 Å². The zero-order chi connectivity index (χ0) is 19.0. The van der Waals surface area contributed by atoms with Crippen LogP contribution >= 0.6 is 0 Å². The number of phenolic OH excluding ortho intramolecular Hbond substituents is 1. The van der Waals surface area contributed by atoms with Crippen molar-refractivity contribution in [1.29, 1.82) is 0 Å². The van der Waals surface area contributed by atoms with Crippen LogP contribution in [0.2, 0.25) is 0 Å². The van der Waals surface area contributed by atoms with Crippen molar-refractivity contribution in [2.75, 3.05) is 5.32 Å². The molecule has 2 aromatic heterocycles. The van der Waals surface area contributed by atoms with Crippen LogP contribution in [0, 0.1) is 0 Å². The van der Waals surface area contributed by atoms with E-state index in [2.05, 4.69) is 10.4 Å². The van der Waals surface area contributed by atoms with Crippen LogP contribution < -0.4 is 16.6 Å². The molecule has 0 aliphatic heterocycles. The highest BCUT2D eigenvalue weighted by atomic mass is 16.3. The van der Waals surface area contributed by atoms with Gasteiger partial charge in [-0.1, -0.05) is 12.1 Å². The number of hydrogen-bond donors (Lipinski definition) is 2. The molecule has 0 fully saturated rings. The van der Waals surface area contributed by atoms with E-state index in [1.54, 1.807) is 25.1 Å². The van der Waals surface area contributed by atoms with E-state index < -0.39 is 17.2 Å². The van der Waals surface area contributed by atoms with E-state index in [0.29, 0.717) is 5.70 Å². The largest absolute Gasteiger partial charge is 0.506 e. The molecule has 0 radical (unpaired) electrons. The number of carbonyl (C=O) groups is 1. The highest BCUT2D eigenvalue weighted by Gasteiger charge is 2.13. The fraction of sp³-hybridized carbons (Fsp3) is 0.176. The number of allylic oxidation sites excluding steroid dienone is 1. The summed E-state index contributed by atoms with van der Waals surface area (Å²) < 4.78 is 3.62. The summed E-state index contributed by atoms with van der Waals surface area (Å²) in [6, 6.07) is 6.36. The summed E-state index contributed by atoms with van der Waals surface area (Å²) in [4.78, 5) is 36.3. The zero-order valence-electron chi connectivity index (χ0n) is 14.4. The second-order valence-electron chi connectivity index (χ2n) is 5.81. The van der Waals surface area contributed by atoms with Crippen molar-refractivity contribution in [3.8, 4) is 5.75 Å². The predicted molar refractivity (Wildman–Crippen MR) is 96.9 cm³/mol. The highest BCUT2D eigenvalue weighted by Crippen LogP contribution is 2.21. The molecule has 2 heterocycles. The van der Waals surface area contributed by atoms with Crippen LogP contribution in [0.1, 0.15) is 6.92 Å². The molecule has 9 heteroatoms. The maximum atomic E-state index is 12.2. The molecule has 0 saturated heterocycles. The van der Waals surface area contributed by atoms with Gasteiger partial charge in [-0.3, -0.25) is 18.7 Å². The number of hydrogen-bond acceptors (Lipinski definition) is 5. The number of anilines is 1. The van der Waals surface area contributed by atoms with Gasteiger partial charge in [-0.2, -0.15) is 0 Å². The lowest BCUT2D eigenvalue weighted by atomic mass is 10.3. The van der Waals surface area contributed by atoms with Crippen molar-refractivity contribution in [2.45, 2.75) is 6.92 Å². The van der Waals surface area contributed by atoms with Gasteiger partial charge in [-0.05, 0) is 19.1 Å². The number of nitrogens with zero attached hydrogens (tertiary/aromatic N) is 4. The molecule has 1 amide bonds. The standard InChI is InChI=1S/C17H17N5O4/c1-10(8-14(24)18-12-6-4-5-7-13(12)23)22-9-11-15(19-22)20(2)17(26)21(3)16(11)25/h4-9,23H,1-3H3,(H,18,24)/b10-8+. The molecule has 2 N–H and O–H groups in total. The first-order valence-corrected chi connectivity index (χ1v) is 7.72. The van der Waals surface area contributed by atoms with Crippen molar-refractivity contribution in [1.82, 2.24) is 18.9 Å². The Hall–Kier alpha value is -3.62. The molecule has 0 spiro atoms. The second kappa shape index (κ2) is 6.36. The van der Waals surface area contributed by atoms with Gasteiger partial charge in [-0.15, -0.1) is 5.10 Å². The van der Waals surface area contributed by atoms with E-state index >= 15 is 0 Å². The van der Waals surface area contributed by atoms with Crippen molar-refractivity contribution < 1.29 is 9.90 Å². The van der Waals surface area contributed by atoms with Crippen LogP contribution in [0.4, 0.5) is 5.69 Å². The van der Waals surface area contributed by atoms with Gasteiger partial charge >= 0.3 is 5.69 Å². The molecule has 9 nitrogen and oxygen atoms in total. The molecule has 3 aromatic rings. The minimum absolute atomic E-state index is 0.0461. The molecule has 1 aromatic carbocycles. The third-order valence-corrected chi connectivity index (χ3v) is 3.98. The lowest BCUT2D eigenvalue weighted by Crippen LogP contribution is -2.36. The first-order chi connectivity index (χ1) is 12.3. The van der Waals surface area contributed by atoms with Crippen LogP contribution in [-0.4, -0.2) is 29.9 Å². The number of aromatic nitrogens is 4. The number of para-hydroxylation sites is 2. The zero-order valence-corrected chi connectivity index (χ0v) is 14.4. The van der Waals surface area contributed by atoms with Crippen LogP contribution in [-0.2, 0) is 18.9 Å². The monoisotopic (exact) mass is 355 g/mol. The Labute approximate surface area is 147 Å². The minimum Gasteiger partial charge on any atom is -0.506 e. The van der Waals surface area contributed by atoms with E-state index in [0.717, 1.165) is 4.57 Å². The lowest BCUT2D eigenvalue weighted by Gasteiger charge is -2.05. The maximum absolute atomic E-state index is 12.2. The Morgan fingerprint density at radius 2 is 1.88 bits per heavy atom. The molecular formula is C17H17N5O4. The van der Waals surface area contributed by atoms with Gasteiger partial charge in [0.25, 0.3) is 5.56 Å². The Morgan fingerprint density at radius 1 is 1.19 bits per heavy atom. The summed E-state index contributed by atoms with van der Waals surface area (Å²) in [5, 5.41) is 16.7. The summed E-state index contributed by atoms with van der Waals surface area (Å²) in [6.45, 7) is 1.64. The van der Waals surface area contributed by atoms with E-state index in [1.807, 2.05) is 0 Å². The van der Waals surface area contributed by atoms with Gasteiger partial charge in [0.05, 0.1) is 5.69 Å². The third-order valence-electron chi connectivity index (χ3n) is 3.98. The quantitative estimate of drug-likeness (QED) is 0.529. The molecule has 26 heavy (non-hydrogen) atoms. The van der Waals surface area contributed by atoms with Crippen LogP contribution in [0.5, 0.6) is 5.75 Å². The number of aryl methyl sites for hydroxylation is 1. The van der Waals surface area contributed by atoms with Crippen molar-refractivity contribution in [2.24, 2.45) is 14.1 Å². The topological polar surface area (TPSA) is 111 Å². The smallest absolute Gasteiger partial charge is 0.332 e. The van der Waals surface area contributed by atoms with E-state index in [4.69, 9.17) is 0 Å². The summed E-state index contributed by atoms with van der Waals surface area (Å²) in [7, 11) is 2.91. The summed E-state index contributed by atoms with van der Waals surface area (Å²) in [5.74, 6) is -0.513. The molecule has 0 atom stereocenters. The number of fused-ring (bicyclic) bond motifs is 1. The number of benzene rings is 1. The fourth-order valence-electron chi connectivity index (χ4n) is 2.53. The molecule has 134 valence electrons. The predicted octanol–water partition coefficient (Wildman–Crippen LogP) is 0.639. The fourth-order valence-corrected chi connectivity index (χ4v) is 2.53. The van der Waals surface area contributed by atoms with E-state index in [-0.39, 0.29) is 22.5 Å². The van der Waals surface area contributed by atoms with Gasteiger partial charge < -0.3 is 10.4 Å². The Kier molecular flexibility index (Phi) is 4.21. The van der Waals surface area contributed by atoms with E-state index in [1.165, 1.54) is 41.7 Å². The second-order valence-corrected chi connectivity index (χ2v) is 5.81. The number of amides is 1. The summed E-state index contributed by atoms with van der Waals surface area (Å²) in [5.41, 5.74) is 0.00603. The number of nitrogens with one attached hydrogen (secondary N) is 1. The molecule has 3 rings (SSSR count). The Balaban J connectivity index is 1.97. The van der Waals surface area contributed by atoms with Crippen molar-refractivity contribution in [3.63, 3.8) is 0 Å². The molecule has 0 saturated carbocycles. The number of rotatable bonds is 3. The molecule has 0 bridgehead atoms. The van der Waals surface area contributed by atoms with Crippen LogP contribution in [0.25, 0.3) is 16.7 Å². The molecule has 0 aliphatic carbocycles. The molecular weight excluding hydrogens is 338 g/mol. The highest BCUT2D eigenvalue weighted by molar-refractivity contribution is 6.03. The maximum Gasteiger partial charge on any atom is 0.332 e. The lowest BCUT2D eigenvalue weighted by molar-refractivity contribution is -0.111. The summed E-state index contributed by atoms with van der Waals surface area (Å²) >= 11 is 0. The van der Waals surface area contributed by atoms with E-state index in [9.17, 15) is 19.5 Å². The normalized spacial score (nSPS) is 11.7. The molecule has 0 aliphatic rings. The first kappa shape index (κ1) is 17.2. The minimum atomic E-state index is -0.480. The van der Waals surface area contributed by atoms with Crippen LogP contribution in [0.15, 0.2) is 46.1 Å². The Bertz CT molecular complexity index is 1170. The SMILES string of the molecule is C/C(=C\C(=O)Nc1ccccc1O)n1cc2c(=O)n(C)c(=O)n(C)c2n1. The summed E-state index contributed by atoms with van der Waals surface area (Å²) in [6.07, 6.45) is 2.75. The Morgan fingerprint density at radius 3 is 2.58 bits per heavy atom. The van der Waals surface area contributed by atoms with Gasteiger partial charge in [0.15, 0.2) is 5.65 Å². The first-order valence-electron chi connectivity index (χ1n) is 7.72. The molecule has 0 unspecified atom stereocenters. The number of phenols is 1. The number of carbonyl (C=O) groups excluding carboxylic acids is 1. The average Bonchev–Trinajstić information content (AvgIpc) is 3.06. The van der Waals surface area contributed by atoms with Gasteiger partial charge in [0.1, 0.15) is 11.1 Å². The van der Waals surface area contributed by atoms with Gasteiger partial charge in [0, 0.05) is 32.1 Å². The van der Waals surface area contributed by atoms with Crippen LogP contribution in [0.3, 0.4) is 0 Å². The van der Waals surface area contributed by atoms with Crippen molar-refractivity contribution >= 4 is 28.3 Å². The average molecular weight is 355 g/mol. The number of aromatic hydroxyl groups is 1. The third kappa shape index (κ3) is 2.90. The van der Waals surface area contributed by atoms with Gasteiger partial charge in [-0.25, -0.2) is 9.48 Å². The van der Waals surface area contributed by atoms with Crippen molar-refractivity contribution in [3.05, 3.63) is 57.4 Å².